The number of benzene rings is 1. The van der Waals surface area contributed by atoms with E-state index in [1.807, 2.05) is 59.7 Å². The summed E-state index contributed by atoms with van der Waals surface area (Å²) in [6, 6.07) is 5.77. The summed E-state index contributed by atoms with van der Waals surface area (Å²) in [7, 11) is 0. The van der Waals surface area contributed by atoms with Crippen LogP contribution in [-0.4, -0.2) is 19.8 Å². The van der Waals surface area contributed by atoms with E-state index in [0.29, 0.717) is 13.2 Å². The zero-order valence-corrected chi connectivity index (χ0v) is 23.5. The largest absolute Gasteiger partial charge is 0.490 e. The van der Waals surface area contributed by atoms with Crippen molar-refractivity contribution < 1.29 is 14.2 Å². The minimum atomic E-state index is 0.607. The zero-order chi connectivity index (χ0) is 26.8. The monoisotopic (exact) mass is 464 g/mol. The lowest BCUT2D eigenvalue weighted by molar-refractivity contribution is 0.252. The minimum absolute atomic E-state index is 0.607. The Morgan fingerprint density at radius 3 is 1.33 bits per heavy atom. The Kier molecular flexibility index (Phi) is 53.8. The highest BCUT2D eigenvalue weighted by molar-refractivity contribution is 5.51. The van der Waals surface area contributed by atoms with Crippen LogP contribution in [0.15, 0.2) is 68.8 Å². The fraction of sp³-hybridized carbons (Fsp3) is 0.533. The van der Waals surface area contributed by atoms with Crippen molar-refractivity contribution in [1.82, 2.24) is 0 Å². The lowest BCUT2D eigenvalue weighted by Gasteiger charge is -2.15. The van der Waals surface area contributed by atoms with Gasteiger partial charge in [0, 0.05) is 0 Å². The molecule has 0 saturated heterocycles. The van der Waals surface area contributed by atoms with Gasteiger partial charge in [0.2, 0.25) is 5.75 Å². The van der Waals surface area contributed by atoms with Crippen LogP contribution in [0, 0.1) is 0 Å². The molecule has 0 atom stereocenters. The molecular formula is C30H56O3. The molecule has 3 heteroatoms. The first-order chi connectivity index (χ1) is 15.9. The van der Waals surface area contributed by atoms with Gasteiger partial charge in [-0.25, -0.2) is 0 Å². The van der Waals surface area contributed by atoms with Crippen LogP contribution in [0.4, 0.5) is 0 Å². The fourth-order valence-electron chi connectivity index (χ4n) is 1.70. The number of hydrogen-bond donors (Lipinski definition) is 0. The predicted molar refractivity (Wildman–Crippen MR) is 153 cm³/mol. The van der Waals surface area contributed by atoms with E-state index in [1.54, 1.807) is 24.3 Å². The maximum absolute atomic E-state index is 5.77. The van der Waals surface area contributed by atoms with Crippen LogP contribution in [0.2, 0.25) is 0 Å². The quantitative estimate of drug-likeness (QED) is 0.269. The average Bonchev–Trinajstić information content (AvgIpc) is 2.76. The number of allylic oxidation sites excluding steroid dienone is 4. The highest BCUT2D eigenvalue weighted by Crippen LogP contribution is 2.37. The van der Waals surface area contributed by atoms with E-state index in [9.17, 15) is 0 Å². The SMILES string of the molecule is C=CC.C=CC.C=CC.C=CC.CCC.CCCCCOc1cccc(OCC)c1OCC. The zero-order valence-electron chi connectivity index (χ0n) is 23.5. The molecule has 0 heterocycles. The van der Waals surface area contributed by atoms with Gasteiger partial charge in [0.25, 0.3) is 0 Å². The van der Waals surface area contributed by atoms with E-state index in [-0.39, 0.29) is 0 Å². The van der Waals surface area contributed by atoms with Gasteiger partial charge in [-0.15, -0.1) is 26.3 Å². The van der Waals surface area contributed by atoms with E-state index in [0.717, 1.165) is 30.3 Å². The van der Waals surface area contributed by atoms with Crippen LogP contribution >= 0.6 is 0 Å². The van der Waals surface area contributed by atoms with Crippen molar-refractivity contribution in [3.8, 4) is 17.2 Å². The molecular weight excluding hydrogens is 408 g/mol. The summed E-state index contributed by atoms with van der Waals surface area (Å²) in [5.41, 5.74) is 0. The summed E-state index contributed by atoms with van der Waals surface area (Å²) in [5, 5.41) is 0. The molecule has 1 rings (SSSR count). The number of para-hydroxylation sites is 1. The van der Waals surface area contributed by atoms with E-state index >= 15 is 0 Å². The molecule has 1 aromatic carbocycles. The van der Waals surface area contributed by atoms with Gasteiger partial charge in [0.1, 0.15) is 0 Å². The van der Waals surface area contributed by atoms with Crippen molar-refractivity contribution in [3.05, 3.63) is 68.8 Å². The van der Waals surface area contributed by atoms with Gasteiger partial charge in [0.15, 0.2) is 11.5 Å². The number of rotatable bonds is 9. The van der Waals surface area contributed by atoms with Crippen molar-refractivity contribution in [2.24, 2.45) is 0 Å². The third kappa shape index (κ3) is 40.5. The Hall–Kier alpha value is -2.42. The normalized spacial score (nSPS) is 7.67. The van der Waals surface area contributed by atoms with Gasteiger partial charge in [-0.3, -0.25) is 0 Å². The van der Waals surface area contributed by atoms with Crippen LogP contribution in [0.5, 0.6) is 17.2 Å². The van der Waals surface area contributed by atoms with Gasteiger partial charge in [-0.1, -0.05) is 70.4 Å². The van der Waals surface area contributed by atoms with Crippen LogP contribution in [0.1, 0.15) is 88.0 Å². The van der Waals surface area contributed by atoms with Crippen LogP contribution in [0.25, 0.3) is 0 Å². The van der Waals surface area contributed by atoms with Crippen molar-refractivity contribution in [2.45, 2.75) is 88.0 Å². The second kappa shape index (κ2) is 43.5. The van der Waals surface area contributed by atoms with E-state index in [4.69, 9.17) is 14.2 Å². The molecule has 0 N–H and O–H groups in total. The summed E-state index contributed by atoms with van der Waals surface area (Å²) in [6.07, 6.45) is 11.7. The Bertz CT molecular complexity index is 483. The van der Waals surface area contributed by atoms with Gasteiger partial charge in [0.05, 0.1) is 19.8 Å². The molecule has 194 valence electrons. The molecule has 0 aliphatic carbocycles. The van der Waals surface area contributed by atoms with Crippen molar-refractivity contribution in [1.29, 1.82) is 0 Å². The number of ether oxygens (including phenoxy) is 3. The van der Waals surface area contributed by atoms with E-state index < -0.39 is 0 Å². The third-order valence-electron chi connectivity index (χ3n) is 2.54. The highest BCUT2D eigenvalue weighted by atomic mass is 16.5. The minimum Gasteiger partial charge on any atom is -0.490 e. The Morgan fingerprint density at radius 1 is 0.636 bits per heavy atom. The van der Waals surface area contributed by atoms with Crippen LogP contribution < -0.4 is 14.2 Å². The summed E-state index contributed by atoms with van der Waals surface area (Å²) in [6.45, 7) is 33.3. The average molecular weight is 465 g/mol. The molecule has 3 nitrogen and oxygen atoms in total. The lowest BCUT2D eigenvalue weighted by atomic mass is 10.2. The number of unbranched alkanes of at least 4 members (excludes halogenated alkanes) is 2. The Morgan fingerprint density at radius 2 is 1.00 bits per heavy atom. The smallest absolute Gasteiger partial charge is 0.203 e. The summed E-state index contributed by atoms with van der Waals surface area (Å²) < 4.78 is 17.0. The molecule has 0 aliphatic heterocycles. The van der Waals surface area contributed by atoms with E-state index in [1.165, 1.54) is 19.3 Å². The molecule has 1 aromatic rings. The van der Waals surface area contributed by atoms with Crippen LogP contribution in [0.3, 0.4) is 0 Å². The molecule has 0 fully saturated rings. The highest BCUT2D eigenvalue weighted by Gasteiger charge is 2.11. The number of hydrogen-bond acceptors (Lipinski definition) is 3. The Labute approximate surface area is 208 Å². The maximum Gasteiger partial charge on any atom is 0.203 e. The lowest BCUT2D eigenvalue weighted by Crippen LogP contribution is -2.03. The fourth-order valence-corrected chi connectivity index (χ4v) is 1.70. The first-order valence-electron chi connectivity index (χ1n) is 12.2. The molecule has 0 bridgehead atoms. The third-order valence-corrected chi connectivity index (χ3v) is 2.54. The molecule has 0 radical (unpaired) electrons. The Balaban J connectivity index is -0.000000143. The summed E-state index contributed by atoms with van der Waals surface area (Å²) >= 11 is 0. The van der Waals surface area contributed by atoms with Gasteiger partial charge < -0.3 is 14.2 Å². The van der Waals surface area contributed by atoms with Gasteiger partial charge >= 0.3 is 0 Å². The predicted octanol–water partition coefficient (Wildman–Crippen LogP) is 10.2. The molecule has 0 amide bonds. The molecule has 0 saturated carbocycles. The molecule has 0 aliphatic rings. The summed E-state index contributed by atoms with van der Waals surface area (Å²) in [4.78, 5) is 0. The van der Waals surface area contributed by atoms with Crippen molar-refractivity contribution in [3.63, 3.8) is 0 Å². The van der Waals surface area contributed by atoms with Gasteiger partial charge in [-0.05, 0) is 60.1 Å². The second-order valence-electron chi connectivity index (χ2n) is 6.35. The molecule has 0 spiro atoms. The topological polar surface area (TPSA) is 27.7 Å². The molecule has 0 aromatic heterocycles. The van der Waals surface area contributed by atoms with Gasteiger partial charge in [-0.2, -0.15) is 0 Å². The second-order valence-corrected chi connectivity index (χ2v) is 6.35. The first-order valence-corrected chi connectivity index (χ1v) is 12.2. The van der Waals surface area contributed by atoms with Crippen molar-refractivity contribution in [2.75, 3.05) is 19.8 Å². The first kappa shape index (κ1) is 40.9. The van der Waals surface area contributed by atoms with E-state index in [2.05, 4.69) is 47.1 Å². The molecule has 0 unspecified atom stereocenters. The standard InChI is InChI=1S/C15H24O3.C3H8.4C3H6/c1-4-7-8-12-18-14-11-9-10-13(16-5-2)15(14)17-6-3;5*1-3-2/h9-11H,4-8,12H2,1-3H3;3H2,1-2H3;4*3H,1H2,2H3. The summed E-state index contributed by atoms with van der Waals surface area (Å²) in [5.74, 6) is 2.25. The molecule has 33 heavy (non-hydrogen) atoms. The van der Waals surface area contributed by atoms with Crippen molar-refractivity contribution >= 4 is 0 Å². The van der Waals surface area contributed by atoms with Crippen LogP contribution in [-0.2, 0) is 0 Å². The maximum atomic E-state index is 5.77.